The second-order valence-electron chi connectivity index (χ2n) is 4.39. The van der Waals surface area contributed by atoms with E-state index in [2.05, 4.69) is 40.9 Å². The molecule has 3 aromatic rings. The van der Waals surface area contributed by atoms with E-state index in [1.54, 1.807) is 11.8 Å². The maximum Gasteiger partial charge on any atom is 0.316 e. The summed E-state index contributed by atoms with van der Waals surface area (Å²) in [5.41, 5.74) is 3.53. The molecule has 1 N–H and O–H groups in total. The quantitative estimate of drug-likeness (QED) is 0.572. The third kappa shape index (κ3) is 2.48. The lowest BCUT2D eigenvalue weighted by Gasteiger charge is -2.00. The zero-order valence-electron chi connectivity index (χ0n) is 10.6. The zero-order valence-corrected chi connectivity index (χ0v) is 12.1. The molecule has 0 fully saturated rings. The van der Waals surface area contributed by atoms with Crippen molar-refractivity contribution >= 4 is 34.4 Å². The molecule has 0 aliphatic carbocycles. The molecule has 0 saturated heterocycles. The van der Waals surface area contributed by atoms with Gasteiger partial charge in [-0.25, -0.2) is 9.55 Å². The van der Waals surface area contributed by atoms with Crippen LogP contribution < -0.4 is 4.57 Å². The molecule has 0 atom stereocenters. The molecular weight excluding hydrogens is 276 g/mol. The van der Waals surface area contributed by atoms with Crippen LogP contribution in [0, 0.1) is 0 Å². The summed E-state index contributed by atoms with van der Waals surface area (Å²) >= 11 is 7.94. The molecule has 0 spiro atoms. The Morgan fingerprint density at radius 2 is 1.84 bits per heavy atom. The Balaban J connectivity index is 1.86. The highest BCUT2D eigenvalue weighted by atomic mass is 35.5. The topological polar surface area (TPSA) is 19.7 Å². The number of hydrogen-bond acceptors (Lipinski definition) is 1. The molecule has 0 amide bonds. The van der Waals surface area contributed by atoms with Gasteiger partial charge in [0.2, 0.25) is 0 Å². The number of rotatable bonds is 3. The Kier molecular flexibility index (Phi) is 3.49. The number of thioether (sulfide) groups is 1. The van der Waals surface area contributed by atoms with Crippen LogP contribution in [0.3, 0.4) is 0 Å². The number of hydrogen-bond donors (Lipinski definition) is 1. The summed E-state index contributed by atoms with van der Waals surface area (Å²) < 4.78 is 2.18. The number of benzene rings is 2. The molecular formula is C15H14ClN2S+. The minimum atomic E-state index is 0.828. The van der Waals surface area contributed by atoms with Gasteiger partial charge in [-0.15, -0.1) is 0 Å². The first kappa shape index (κ1) is 12.6. The maximum absolute atomic E-state index is 6.18. The van der Waals surface area contributed by atoms with E-state index in [1.807, 2.05) is 24.3 Å². The van der Waals surface area contributed by atoms with Crippen LogP contribution in [0.1, 0.15) is 5.56 Å². The van der Waals surface area contributed by atoms with Gasteiger partial charge in [-0.3, -0.25) is 0 Å². The van der Waals surface area contributed by atoms with Crippen molar-refractivity contribution in [3.8, 4) is 0 Å². The fraction of sp³-hybridized carbons (Fsp3) is 0.133. The minimum Gasteiger partial charge on any atom is -0.231 e. The number of imidazole rings is 1. The van der Waals surface area contributed by atoms with Crippen LogP contribution in [0.5, 0.6) is 0 Å². The van der Waals surface area contributed by atoms with E-state index in [0.29, 0.717) is 0 Å². The summed E-state index contributed by atoms with van der Waals surface area (Å²) in [5.74, 6) is 0.861. The largest absolute Gasteiger partial charge is 0.316 e. The first-order valence-corrected chi connectivity index (χ1v) is 7.45. The minimum absolute atomic E-state index is 0.828. The molecule has 0 bridgehead atoms. The molecule has 0 radical (unpaired) electrons. The van der Waals surface area contributed by atoms with Gasteiger partial charge in [0.05, 0.1) is 7.05 Å². The average Bonchev–Trinajstić information content (AvgIpc) is 2.75. The highest BCUT2D eigenvalue weighted by molar-refractivity contribution is 7.98. The summed E-state index contributed by atoms with van der Waals surface area (Å²) in [4.78, 5) is 3.44. The Bertz CT molecular complexity index is 721. The Morgan fingerprint density at radius 3 is 2.63 bits per heavy atom. The van der Waals surface area contributed by atoms with Crippen LogP contribution in [0.4, 0.5) is 0 Å². The van der Waals surface area contributed by atoms with Crippen molar-refractivity contribution in [2.75, 3.05) is 0 Å². The molecule has 2 aromatic carbocycles. The van der Waals surface area contributed by atoms with Crippen molar-refractivity contribution in [2.24, 2.45) is 7.05 Å². The standard InChI is InChI=1S/C15H13ClN2S/c1-18-14-9-5-4-8-13(14)17-15(18)19-10-11-6-2-3-7-12(11)16/h2-9H,10H2,1H3/p+1. The number of nitrogens with zero attached hydrogens (tertiary/aromatic N) is 1. The molecule has 0 aliphatic heterocycles. The summed E-state index contributed by atoms with van der Waals surface area (Å²) in [6.07, 6.45) is 0. The third-order valence-corrected chi connectivity index (χ3v) is 4.61. The number of aryl methyl sites for hydroxylation is 1. The van der Waals surface area contributed by atoms with Gasteiger partial charge in [0.25, 0.3) is 0 Å². The maximum atomic E-state index is 6.18. The van der Waals surface area contributed by atoms with Crippen LogP contribution in [-0.2, 0) is 12.8 Å². The fourth-order valence-corrected chi connectivity index (χ4v) is 3.37. The predicted molar refractivity (Wildman–Crippen MR) is 80.5 cm³/mol. The number of halogens is 1. The van der Waals surface area contributed by atoms with E-state index >= 15 is 0 Å². The van der Waals surface area contributed by atoms with E-state index in [-0.39, 0.29) is 0 Å². The zero-order chi connectivity index (χ0) is 13.2. The predicted octanol–water partition coefficient (Wildman–Crippen LogP) is 3.94. The summed E-state index contributed by atoms with van der Waals surface area (Å²) in [5, 5.41) is 1.97. The van der Waals surface area contributed by atoms with Crippen molar-refractivity contribution in [1.82, 2.24) is 4.98 Å². The summed E-state index contributed by atoms with van der Waals surface area (Å²) in [6.45, 7) is 0. The summed E-state index contributed by atoms with van der Waals surface area (Å²) in [7, 11) is 2.08. The van der Waals surface area contributed by atoms with Gasteiger partial charge in [-0.2, -0.15) is 0 Å². The van der Waals surface area contributed by atoms with Gasteiger partial charge in [0, 0.05) is 10.8 Å². The molecule has 3 rings (SSSR count). The number of para-hydroxylation sites is 2. The number of fused-ring (bicyclic) bond motifs is 1. The number of aromatic nitrogens is 2. The van der Waals surface area contributed by atoms with Crippen LogP contribution >= 0.6 is 23.4 Å². The van der Waals surface area contributed by atoms with Crippen LogP contribution in [-0.4, -0.2) is 4.98 Å². The summed E-state index contributed by atoms with van der Waals surface area (Å²) in [6, 6.07) is 16.3. The fourth-order valence-electron chi connectivity index (χ4n) is 2.07. The van der Waals surface area contributed by atoms with Crippen LogP contribution in [0.25, 0.3) is 11.0 Å². The van der Waals surface area contributed by atoms with Gasteiger partial charge in [0.15, 0.2) is 11.0 Å². The van der Waals surface area contributed by atoms with Crippen molar-refractivity contribution in [3.05, 3.63) is 59.1 Å². The van der Waals surface area contributed by atoms with E-state index in [0.717, 1.165) is 27.0 Å². The highest BCUT2D eigenvalue weighted by Gasteiger charge is 2.15. The average molecular weight is 290 g/mol. The molecule has 19 heavy (non-hydrogen) atoms. The van der Waals surface area contributed by atoms with Crippen LogP contribution in [0.2, 0.25) is 5.02 Å². The SMILES string of the molecule is C[n+]1c(SCc2ccccc2Cl)[nH]c2ccccc21. The molecule has 1 heterocycles. The lowest BCUT2D eigenvalue weighted by atomic mass is 10.2. The van der Waals surface area contributed by atoms with Gasteiger partial charge in [-0.05, 0) is 35.5 Å². The number of nitrogens with one attached hydrogen (secondary N) is 1. The molecule has 2 nitrogen and oxygen atoms in total. The smallest absolute Gasteiger partial charge is 0.231 e. The monoisotopic (exact) mass is 289 g/mol. The Labute approximate surface area is 121 Å². The van der Waals surface area contributed by atoms with Gasteiger partial charge < -0.3 is 0 Å². The molecule has 4 heteroatoms. The van der Waals surface area contributed by atoms with E-state index in [4.69, 9.17) is 11.6 Å². The van der Waals surface area contributed by atoms with Gasteiger partial charge >= 0.3 is 5.16 Å². The second kappa shape index (κ2) is 5.27. The third-order valence-electron chi connectivity index (χ3n) is 3.13. The Morgan fingerprint density at radius 1 is 1.11 bits per heavy atom. The Hall–Kier alpha value is -1.45. The normalized spacial score (nSPS) is 11.1. The number of H-pyrrole nitrogens is 1. The molecule has 0 unspecified atom stereocenters. The van der Waals surface area contributed by atoms with Crippen molar-refractivity contribution in [1.29, 1.82) is 0 Å². The highest BCUT2D eigenvalue weighted by Crippen LogP contribution is 2.25. The van der Waals surface area contributed by atoms with Crippen LogP contribution in [0.15, 0.2) is 53.7 Å². The van der Waals surface area contributed by atoms with E-state index in [1.165, 1.54) is 5.52 Å². The van der Waals surface area contributed by atoms with E-state index in [9.17, 15) is 0 Å². The van der Waals surface area contributed by atoms with E-state index < -0.39 is 0 Å². The second-order valence-corrected chi connectivity index (χ2v) is 5.76. The van der Waals surface area contributed by atoms with Gasteiger partial charge in [-0.1, -0.05) is 41.9 Å². The van der Waals surface area contributed by atoms with Crippen molar-refractivity contribution in [3.63, 3.8) is 0 Å². The van der Waals surface area contributed by atoms with Gasteiger partial charge in [0.1, 0.15) is 0 Å². The molecule has 0 saturated carbocycles. The van der Waals surface area contributed by atoms with Crippen molar-refractivity contribution < 1.29 is 4.57 Å². The molecule has 1 aromatic heterocycles. The lowest BCUT2D eigenvalue weighted by Crippen LogP contribution is -2.28. The first-order chi connectivity index (χ1) is 9.25. The number of aromatic amines is 1. The lowest BCUT2D eigenvalue weighted by molar-refractivity contribution is -0.683. The molecule has 0 aliphatic rings. The first-order valence-electron chi connectivity index (χ1n) is 6.08. The molecule has 96 valence electrons. The van der Waals surface area contributed by atoms with Crippen molar-refractivity contribution in [2.45, 2.75) is 10.9 Å².